The largest absolute Gasteiger partial charge is 0.486 e. The normalized spacial score (nSPS) is 14.8. The summed E-state index contributed by atoms with van der Waals surface area (Å²) in [6.07, 6.45) is 3.40. The molecular weight excluding hydrogens is 338 g/mol. The van der Waals surface area contributed by atoms with Crippen LogP contribution in [0.2, 0.25) is 0 Å². The van der Waals surface area contributed by atoms with Crippen LogP contribution < -0.4 is 14.8 Å². The monoisotopic (exact) mass is 365 g/mol. The van der Waals surface area contributed by atoms with E-state index in [1.54, 1.807) is 6.08 Å². The van der Waals surface area contributed by atoms with Gasteiger partial charge in [0.25, 0.3) is 0 Å². The van der Waals surface area contributed by atoms with E-state index in [2.05, 4.69) is 38.2 Å². The first-order valence-corrected chi connectivity index (χ1v) is 9.31. The first-order valence-electron chi connectivity index (χ1n) is 9.31. The van der Waals surface area contributed by atoms with Gasteiger partial charge in [-0.15, -0.1) is 0 Å². The van der Waals surface area contributed by atoms with Gasteiger partial charge in [-0.3, -0.25) is 4.79 Å². The molecular formula is C23H27NO3. The molecule has 27 heavy (non-hydrogen) atoms. The molecule has 4 nitrogen and oxygen atoms in total. The van der Waals surface area contributed by atoms with Gasteiger partial charge in [0.05, 0.1) is 6.04 Å². The Morgan fingerprint density at radius 3 is 2.37 bits per heavy atom. The van der Waals surface area contributed by atoms with Gasteiger partial charge < -0.3 is 14.8 Å². The molecule has 1 heterocycles. The van der Waals surface area contributed by atoms with Gasteiger partial charge in [0.2, 0.25) is 5.91 Å². The van der Waals surface area contributed by atoms with Crippen LogP contribution in [0, 0.1) is 0 Å². The molecule has 0 aromatic heterocycles. The van der Waals surface area contributed by atoms with Crippen molar-refractivity contribution in [1.82, 2.24) is 5.32 Å². The lowest BCUT2D eigenvalue weighted by Gasteiger charge is -2.20. The van der Waals surface area contributed by atoms with Gasteiger partial charge in [0, 0.05) is 6.08 Å². The maximum Gasteiger partial charge on any atom is 0.244 e. The molecule has 4 heteroatoms. The first-order chi connectivity index (χ1) is 12.8. The van der Waals surface area contributed by atoms with Crippen LogP contribution in [-0.4, -0.2) is 19.1 Å². The number of ether oxygens (including phenoxy) is 2. The Labute approximate surface area is 161 Å². The number of hydrogen-bond donors (Lipinski definition) is 1. The van der Waals surface area contributed by atoms with Crippen molar-refractivity contribution in [2.75, 3.05) is 13.2 Å². The lowest BCUT2D eigenvalue weighted by atomic mass is 9.87. The van der Waals surface area contributed by atoms with Gasteiger partial charge >= 0.3 is 0 Å². The van der Waals surface area contributed by atoms with E-state index in [4.69, 9.17) is 9.47 Å². The Morgan fingerprint density at radius 1 is 1.04 bits per heavy atom. The Balaban J connectivity index is 1.60. The summed E-state index contributed by atoms with van der Waals surface area (Å²) in [4.78, 5) is 12.3. The first kappa shape index (κ1) is 19.0. The Bertz CT molecular complexity index is 832. The van der Waals surface area contributed by atoms with E-state index in [1.165, 1.54) is 5.56 Å². The molecule has 0 saturated carbocycles. The highest BCUT2D eigenvalue weighted by atomic mass is 16.6. The molecule has 2 aromatic carbocycles. The minimum atomic E-state index is -0.128. The zero-order chi connectivity index (χ0) is 19.4. The second kappa shape index (κ2) is 7.87. The van der Waals surface area contributed by atoms with Crippen LogP contribution >= 0.6 is 0 Å². The molecule has 1 aliphatic rings. The number of hydrogen-bond acceptors (Lipinski definition) is 3. The molecule has 0 bridgehead atoms. The molecule has 1 atom stereocenters. The lowest BCUT2D eigenvalue weighted by molar-refractivity contribution is -0.117. The fourth-order valence-corrected chi connectivity index (χ4v) is 2.94. The zero-order valence-corrected chi connectivity index (χ0v) is 16.4. The third-order valence-electron chi connectivity index (χ3n) is 4.63. The fourth-order valence-electron chi connectivity index (χ4n) is 2.94. The van der Waals surface area contributed by atoms with Crippen molar-refractivity contribution in [3.63, 3.8) is 0 Å². The van der Waals surface area contributed by atoms with Crippen molar-refractivity contribution in [1.29, 1.82) is 0 Å². The van der Waals surface area contributed by atoms with Crippen LogP contribution in [0.4, 0.5) is 0 Å². The number of fused-ring (bicyclic) bond motifs is 1. The highest BCUT2D eigenvalue weighted by Gasteiger charge is 2.15. The van der Waals surface area contributed by atoms with E-state index >= 15 is 0 Å². The number of benzene rings is 2. The summed E-state index contributed by atoms with van der Waals surface area (Å²) in [5, 5.41) is 2.99. The molecule has 1 aliphatic heterocycles. The highest BCUT2D eigenvalue weighted by molar-refractivity contribution is 5.92. The van der Waals surface area contributed by atoms with Crippen LogP contribution in [-0.2, 0) is 10.2 Å². The second-order valence-corrected chi connectivity index (χ2v) is 7.84. The maximum absolute atomic E-state index is 12.3. The quantitative estimate of drug-likeness (QED) is 0.803. The summed E-state index contributed by atoms with van der Waals surface area (Å²) >= 11 is 0. The predicted molar refractivity (Wildman–Crippen MR) is 108 cm³/mol. The molecule has 2 aromatic rings. The van der Waals surface area contributed by atoms with Crippen molar-refractivity contribution in [3.8, 4) is 11.5 Å². The fraction of sp³-hybridized carbons (Fsp3) is 0.348. The minimum Gasteiger partial charge on any atom is -0.486 e. The summed E-state index contributed by atoms with van der Waals surface area (Å²) in [6, 6.07) is 13.9. The molecule has 0 aliphatic carbocycles. The molecule has 1 amide bonds. The summed E-state index contributed by atoms with van der Waals surface area (Å²) in [5.41, 5.74) is 3.38. The summed E-state index contributed by atoms with van der Waals surface area (Å²) < 4.78 is 11.1. The average Bonchev–Trinajstić information content (AvgIpc) is 2.65. The third-order valence-corrected chi connectivity index (χ3v) is 4.63. The Morgan fingerprint density at radius 2 is 1.70 bits per heavy atom. The summed E-state index contributed by atoms with van der Waals surface area (Å²) in [6.45, 7) is 9.63. The van der Waals surface area contributed by atoms with E-state index < -0.39 is 0 Å². The van der Waals surface area contributed by atoms with Gasteiger partial charge in [0.1, 0.15) is 13.2 Å². The molecule has 3 rings (SSSR count). The van der Waals surface area contributed by atoms with E-state index in [0.717, 1.165) is 22.6 Å². The van der Waals surface area contributed by atoms with Crippen molar-refractivity contribution >= 4 is 12.0 Å². The molecule has 0 saturated heterocycles. The number of amides is 1. The zero-order valence-electron chi connectivity index (χ0n) is 16.4. The third kappa shape index (κ3) is 4.91. The van der Waals surface area contributed by atoms with Crippen molar-refractivity contribution < 1.29 is 14.3 Å². The lowest BCUT2D eigenvalue weighted by Crippen LogP contribution is -2.25. The second-order valence-electron chi connectivity index (χ2n) is 7.84. The standard InChI is InChI=1S/C23H27NO3/c1-16(18-8-11-20-21(15-18)27-14-13-26-20)24-22(25)12-7-17-5-9-19(10-6-17)23(2,3)4/h5-12,15-16H,13-14H2,1-4H3,(H,24,25)/b12-7+. The molecule has 0 spiro atoms. The average molecular weight is 365 g/mol. The van der Waals surface area contributed by atoms with E-state index in [1.807, 2.05) is 43.3 Å². The Hall–Kier alpha value is -2.75. The van der Waals surface area contributed by atoms with Gasteiger partial charge in [-0.05, 0) is 47.2 Å². The van der Waals surface area contributed by atoms with Crippen molar-refractivity contribution in [2.24, 2.45) is 0 Å². The molecule has 0 fully saturated rings. The highest BCUT2D eigenvalue weighted by Crippen LogP contribution is 2.32. The number of carbonyl (C=O) groups is 1. The van der Waals surface area contributed by atoms with Crippen LogP contribution in [0.15, 0.2) is 48.5 Å². The summed E-state index contributed by atoms with van der Waals surface area (Å²) in [7, 11) is 0. The molecule has 1 unspecified atom stereocenters. The minimum absolute atomic E-state index is 0.124. The van der Waals surface area contributed by atoms with Crippen LogP contribution in [0.3, 0.4) is 0 Å². The van der Waals surface area contributed by atoms with Gasteiger partial charge in [-0.25, -0.2) is 0 Å². The van der Waals surface area contributed by atoms with E-state index in [0.29, 0.717) is 13.2 Å². The van der Waals surface area contributed by atoms with Crippen LogP contribution in [0.1, 0.15) is 50.4 Å². The number of rotatable bonds is 4. The van der Waals surface area contributed by atoms with Gasteiger partial charge in [0.15, 0.2) is 11.5 Å². The van der Waals surface area contributed by atoms with Crippen molar-refractivity contribution in [3.05, 3.63) is 65.2 Å². The summed E-state index contributed by atoms with van der Waals surface area (Å²) in [5.74, 6) is 1.36. The van der Waals surface area contributed by atoms with Gasteiger partial charge in [-0.2, -0.15) is 0 Å². The maximum atomic E-state index is 12.3. The smallest absolute Gasteiger partial charge is 0.244 e. The van der Waals surface area contributed by atoms with E-state index in [9.17, 15) is 4.79 Å². The Kier molecular flexibility index (Phi) is 5.54. The van der Waals surface area contributed by atoms with Crippen molar-refractivity contribution in [2.45, 2.75) is 39.2 Å². The SMILES string of the molecule is CC(NC(=O)/C=C/c1ccc(C(C)(C)C)cc1)c1ccc2c(c1)OCCO2. The van der Waals surface area contributed by atoms with Crippen LogP contribution in [0.25, 0.3) is 6.08 Å². The predicted octanol–water partition coefficient (Wildman–Crippen LogP) is 4.65. The van der Waals surface area contributed by atoms with Gasteiger partial charge in [-0.1, -0.05) is 51.1 Å². The van der Waals surface area contributed by atoms with E-state index in [-0.39, 0.29) is 17.4 Å². The topological polar surface area (TPSA) is 47.6 Å². The molecule has 1 N–H and O–H groups in total. The number of carbonyl (C=O) groups excluding carboxylic acids is 1. The van der Waals surface area contributed by atoms with Crippen LogP contribution in [0.5, 0.6) is 11.5 Å². The molecule has 0 radical (unpaired) electrons. The molecule has 142 valence electrons. The number of nitrogens with one attached hydrogen (secondary N) is 1.